The van der Waals surface area contributed by atoms with Crippen LogP contribution in [-0.4, -0.2) is 12.5 Å². The predicted octanol–water partition coefficient (Wildman–Crippen LogP) is 1.39. The zero-order valence-corrected chi connectivity index (χ0v) is 9.49. The van der Waals surface area contributed by atoms with Gasteiger partial charge in [-0.25, -0.2) is 0 Å². The van der Waals surface area contributed by atoms with Crippen LogP contribution in [0.3, 0.4) is 0 Å². The van der Waals surface area contributed by atoms with E-state index in [4.69, 9.17) is 5.26 Å². The molecule has 5 heteroatoms. The van der Waals surface area contributed by atoms with Gasteiger partial charge in [0.15, 0.2) is 0 Å². The van der Waals surface area contributed by atoms with E-state index in [-0.39, 0.29) is 5.91 Å². The maximum atomic E-state index is 11.2. The van der Waals surface area contributed by atoms with Crippen LogP contribution in [0.2, 0.25) is 0 Å². The van der Waals surface area contributed by atoms with Gasteiger partial charge in [0, 0.05) is 11.4 Å². The molecule has 1 amide bonds. The monoisotopic (exact) mass is 233 g/mol. The van der Waals surface area contributed by atoms with E-state index in [2.05, 4.69) is 23.3 Å². The first-order valence-electron chi connectivity index (χ1n) is 4.95. The van der Waals surface area contributed by atoms with Gasteiger partial charge in [0.05, 0.1) is 5.56 Å². The van der Waals surface area contributed by atoms with Gasteiger partial charge in [-0.15, -0.1) is 11.3 Å². The fourth-order valence-corrected chi connectivity index (χ4v) is 2.87. The summed E-state index contributed by atoms with van der Waals surface area (Å²) in [4.78, 5) is 12.4. The van der Waals surface area contributed by atoms with Crippen LogP contribution in [0.5, 0.6) is 0 Å². The Morgan fingerprint density at radius 3 is 3.19 bits per heavy atom. The van der Waals surface area contributed by atoms with Crippen molar-refractivity contribution in [2.45, 2.75) is 13.0 Å². The Kier molecular flexibility index (Phi) is 3.04. The largest absolute Gasteiger partial charge is 0.313 e. The van der Waals surface area contributed by atoms with Crippen LogP contribution in [0, 0.1) is 11.3 Å². The SMILES string of the molecule is C=CC(=O)Nc1sc2c(c1C#N)CCNC2. The molecule has 16 heavy (non-hydrogen) atoms. The fraction of sp³-hybridized carbons (Fsp3) is 0.273. The molecule has 0 bridgehead atoms. The first-order chi connectivity index (χ1) is 7.76. The van der Waals surface area contributed by atoms with Crippen molar-refractivity contribution in [3.8, 4) is 6.07 Å². The summed E-state index contributed by atoms with van der Waals surface area (Å²) in [6, 6.07) is 2.17. The van der Waals surface area contributed by atoms with E-state index in [0.29, 0.717) is 10.6 Å². The molecule has 0 atom stereocenters. The molecule has 2 rings (SSSR count). The second-order valence-corrected chi connectivity index (χ2v) is 4.55. The molecule has 0 unspecified atom stereocenters. The Morgan fingerprint density at radius 2 is 2.50 bits per heavy atom. The molecule has 0 spiro atoms. The Balaban J connectivity index is 2.38. The molecule has 1 aliphatic heterocycles. The molecule has 1 aromatic rings. The van der Waals surface area contributed by atoms with Gasteiger partial charge >= 0.3 is 0 Å². The summed E-state index contributed by atoms with van der Waals surface area (Å²) in [7, 11) is 0. The Morgan fingerprint density at radius 1 is 1.69 bits per heavy atom. The van der Waals surface area contributed by atoms with Crippen LogP contribution < -0.4 is 10.6 Å². The van der Waals surface area contributed by atoms with Crippen molar-refractivity contribution < 1.29 is 4.79 Å². The molecule has 1 aromatic heterocycles. The van der Waals surface area contributed by atoms with E-state index in [9.17, 15) is 4.79 Å². The van der Waals surface area contributed by atoms with E-state index in [1.807, 2.05) is 0 Å². The molecule has 0 fully saturated rings. The van der Waals surface area contributed by atoms with Crippen molar-refractivity contribution in [2.75, 3.05) is 11.9 Å². The molecule has 0 saturated heterocycles. The van der Waals surface area contributed by atoms with Crippen molar-refractivity contribution in [1.29, 1.82) is 5.26 Å². The van der Waals surface area contributed by atoms with Crippen LogP contribution in [0.1, 0.15) is 16.0 Å². The summed E-state index contributed by atoms with van der Waals surface area (Å²) in [6.45, 7) is 5.05. The number of nitrogens with one attached hydrogen (secondary N) is 2. The number of hydrogen-bond donors (Lipinski definition) is 2. The number of hydrogen-bond acceptors (Lipinski definition) is 4. The van der Waals surface area contributed by atoms with Gasteiger partial charge in [0.2, 0.25) is 5.91 Å². The van der Waals surface area contributed by atoms with Crippen molar-refractivity contribution in [1.82, 2.24) is 5.32 Å². The highest BCUT2D eigenvalue weighted by Crippen LogP contribution is 2.34. The molecule has 82 valence electrons. The molecule has 4 nitrogen and oxygen atoms in total. The Hall–Kier alpha value is -1.64. The summed E-state index contributed by atoms with van der Waals surface area (Å²) in [6.07, 6.45) is 2.05. The smallest absolute Gasteiger partial charge is 0.248 e. The minimum atomic E-state index is -0.275. The van der Waals surface area contributed by atoms with E-state index < -0.39 is 0 Å². The summed E-state index contributed by atoms with van der Waals surface area (Å²) in [5, 5.41) is 15.7. The summed E-state index contributed by atoms with van der Waals surface area (Å²) in [5.41, 5.74) is 1.68. The summed E-state index contributed by atoms with van der Waals surface area (Å²) >= 11 is 1.47. The number of nitrogens with zero attached hydrogens (tertiary/aromatic N) is 1. The summed E-state index contributed by atoms with van der Waals surface area (Å²) < 4.78 is 0. The molecule has 2 heterocycles. The van der Waals surface area contributed by atoms with E-state index in [0.717, 1.165) is 30.0 Å². The van der Waals surface area contributed by atoms with Gasteiger partial charge < -0.3 is 10.6 Å². The first-order valence-corrected chi connectivity index (χ1v) is 5.76. The topological polar surface area (TPSA) is 64.9 Å². The minimum Gasteiger partial charge on any atom is -0.313 e. The second kappa shape index (κ2) is 4.47. The van der Waals surface area contributed by atoms with Crippen molar-refractivity contribution in [3.05, 3.63) is 28.7 Å². The minimum absolute atomic E-state index is 0.275. The van der Waals surface area contributed by atoms with E-state index in [1.54, 1.807) is 0 Å². The lowest BCUT2D eigenvalue weighted by molar-refractivity contribution is -0.111. The van der Waals surface area contributed by atoms with Crippen LogP contribution in [0.4, 0.5) is 5.00 Å². The number of nitriles is 1. The van der Waals surface area contributed by atoms with Crippen molar-refractivity contribution >= 4 is 22.2 Å². The number of rotatable bonds is 2. The van der Waals surface area contributed by atoms with Gasteiger partial charge in [-0.3, -0.25) is 4.79 Å². The van der Waals surface area contributed by atoms with Crippen LogP contribution in [0.25, 0.3) is 0 Å². The summed E-state index contributed by atoms with van der Waals surface area (Å²) in [5.74, 6) is -0.275. The molecule has 0 radical (unpaired) electrons. The number of amides is 1. The third kappa shape index (κ3) is 1.85. The van der Waals surface area contributed by atoms with Gasteiger partial charge in [-0.05, 0) is 24.6 Å². The van der Waals surface area contributed by atoms with Gasteiger partial charge in [-0.1, -0.05) is 6.58 Å². The number of carbonyl (C=O) groups excluding carboxylic acids is 1. The maximum Gasteiger partial charge on any atom is 0.248 e. The first kappa shape index (κ1) is 10.9. The normalized spacial score (nSPS) is 13.7. The van der Waals surface area contributed by atoms with E-state index >= 15 is 0 Å². The molecule has 2 N–H and O–H groups in total. The van der Waals surface area contributed by atoms with Gasteiger partial charge in [0.25, 0.3) is 0 Å². The zero-order valence-electron chi connectivity index (χ0n) is 8.67. The molecule has 0 aliphatic carbocycles. The van der Waals surface area contributed by atoms with Crippen LogP contribution >= 0.6 is 11.3 Å². The highest BCUT2D eigenvalue weighted by Gasteiger charge is 2.20. The van der Waals surface area contributed by atoms with Crippen LogP contribution in [0.15, 0.2) is 12.7 Å². The molecular weight excluding hydrogens is 222 g/mol. The second-order valence-electron chi connectivity index (χ2n) is 3.44. The fourth-order valence-electron chi connectivity index (χ4n) is 1.70. The highest BCUT2D eigenvalue weighted by molar-refractivity contribution is 7.16. The lowest BCUT2D eigenvalue weighted by atomic mass is 10.1. The molecule has 0 aromatic carbocycles. The standard InChI is InChI=1S/C11H11N3OS/c1-2-10(15)14-11-8(5-12)7-3-4-13-6-9(7)16-11/h2,13H,1,3-4,6H2,(H,14,15). The molecule has 1 aliphatic rings. The predicted molar refractivity (Wildman–Crippen MR) is 63.3 cm³/mol. The third-order valence-electron chi connectivity index (χ3n) is 2.46. The van der Waals surface area contributed by atoms with E-state index in [1.165, 1.54) is 17.4 Å². The van der Waals surface area contributed by atoms with Crippen molar-refractivity contribution in [2.24, 2.45) is 0 Å². The highest BCUT2D eigenvalue weighted by atomic mass is 32.1. The number of carbonyl (C=O) groups is 1. The van der Waals surface area contributed by atoms with Crippen LogP contribution in [-0.2, 0) is 17.8 Å². The number of fused-ring (bicyclic) bond motifs is 1. The molecule has 0 saturated carbocycles. The zero-order chi connectivity index (χ0) is 11.5. The number of anilines is 1. The van der Waals surface area contributed by atoms with Gasteiger partial charge in [0.1, 0.15) is 11.1 Å². The van der Waals surface area contributed by atoms with Gasteiger partial charge in [-0.2, -0.15) is 5.26 Å². The lowest BCUT2D eigenvalue weighted by Gasteiger charge is -2.11. The van der Waals surface area contributed by atoms with Crippen molar-refractivity contribution in [3.63, 3.8) is 0 Å². The maximum absolute atomic E-state index is 11.2. The Bertz CT molecular complexity index is 484. The Labute approximate surface area is 97.6 Å². The number of thiophene rings is 1. The average molecular weight is 233 g/mol. The lowest BCUT2D eigenvalue weighted by Crippen LogP contribution is -2.22. The quantitative estimate of drug-likeness (QED) is 0.759. The molecular formula is C11H11N3OS. The average Bonchev–Trinajstić information content (AvgIpc) is 2.65. The third-order valence-corrected chi connectivity index (χ3v) is 3.61.